The number of fused-ring (bicyclic) bond motifs is 1. The molecule has 0 atom stereocenters. The van der Waals surface area contributed by atoms with Crippen LogP contribution in [0.4, 0.5) is 0 Å². The van der Waals surface area contributed by atoms with Crippen LogP contribution >= 0.6 is 0 Å². The van der Waals surface area contributed by atoms with Crippen molar-refractivity contribution in [2.45, 2.75) is 25.7 Å². The Morgan fingerprint density at radius 1 is 0.962 bits per heavy atom. The van der Waals surface area contributed by atoms with E-state index in [2.05, 4.69) is 32.2 Å². The van der Waals surface area contributed by atoms with E-state index in [1.165, 1.54) is 5.56 Å². The minimum atomic E-state index is 0.270. The number of aryl methyl sites for hydroxylation is 1. The normalized spacial score (nSPS) is 11.3. The molecule has 0 radical (unpaired) electrons. The molecule has 2 aromatic carbocycles. The van der Waals surface area contributed by atoms with Crippen LogP contribution < -0.4 is 0 Å². The van der Waals surface area contributed by atoms with E-state index in [0.29, 0.717) is 11.7 Å². The Morgan fingerprint density at radius 2 is 1.81 bits per heavy atom. The second kappa shape index (κ2) is 7.49. The van der Waals surface area contributed by atoms with Crippen LogP contribution in [0.25, 0.3) is 33.9 Å². The molecule has 0 aliphatic carbocycles. The maximum Gasteiger partial charge on any atom is 0.258 e. The van der Waals surface area contributed by atoms with Gasteiger partial charge >= 0.3 is 0 Å². The molecular weight excluding hydrogens is 328 g/mol. The Balaban J connectivity index is 1.48. The van der Waals surface area contributed by atoms with Crippen molar-refractivity contribution in [1.29, 1.82) is 0 Å². The number of H-pyrrole nitrogens is 1. The Bertz CT molecular complexity index is 988. The van der Waals surface area contributed by atoms with Crippen LogP contribution in [0, 0.1) is 0 Å². The van der Waals surface area contributed by atoms with Crippen molar-refractivity contribution in [3.8, 4) is 22.8 Å². The predicted octanol–water partition coefficient (Wildman–Crippen LogP) is 3.99. The Hall–Kier alpha value is -2.99. The molecule has 4 rings (SSSR count). The summed E-state index contributed by atoms with van der Waals surface area (Å²) in [7, 11) is 0. The van der Waals surface area contributed by atoms with Gasteiger partial charge in [0.2, 0.25) is 5.82 Å². The SMILES string of the molecule is OCCCCCc1ccc(-c2nc(-c3ccc4nc[nH]c4c3)no2)cc1. The van der Waals surface area contributed by atoms with E-state index >= 15 is 0 Å². The van der Waals surface area contributed by atoms with Crippen molar-refractivity contribution in [3.05, 3.63) is 54.4 Å². The zero-order valence-electron chi connectivity index (χ0n) is 14.4. The van der Waals surface area contributed by atoms with Gasteiger partial charge in [0.1, 0.15) is 0 Å². The summed E-state index contributed by atoms with van der Waals surface area (Å²) in [6.45, 7) is 0.270. The topological polar surface area (TPSA) is 87.8 Å². The maximum absolute atomic E-state index is 8.82. The van der Waals surface area contributed by atoms with E-state index in [1.54, 1.807) is 6.33 Å². The molecule has 26 heavy (non-hydrogen) atoms. The molecular formula is C20H20N4O2. The Morgan fingerprint density at radius 3 is 2.65 bits per heavy atom. The smallest absolute Gasteiger partial charge is 0.258 e. The average Bonchev–Trinajstić information content (AvgIpc) is 3.34. The summed E-state index contributed by atoms with van der Waals surface area (Å²) >= 11 is 0. The maximum atomic E-state index is 8.82. The first-order valence-corrected chi connectivity index (χ1v) is 8.81. The molecule has 0 amide bonds. The van der Waals surface area contributed by atoms with E-state index in [0.717, 1.165) is 47.8 Å². The third-order valence-electron chi connectivity index (χ3n) is 4.43. The van der Waals surface area contributed by atoms with E-state index in [4.69, 9.17) is 9.63 Å². The standard InChI is InChI=1S/C20H20N4O2/c25-11-3-1-2-4-14-5-7-15(8-6-14)20-23-19(24-26-20)16-9-10-17-18(12-16)22-13-21-17/h5-10,12-13,25H,1-4,11H2,(H,21,22). The number of nitrogens with one attached hydrogen (secondary N) is 1. The van der Waals surface area contributed by atoms with Crippen molar-refractivity contribution in [2.24, 2.45) is 0 Å². The largest absolute Gasteiger partial charge is 0.396 e. The van der Waals surface area contributed by atoms with Crippen LogP contribution in [0.5, 0.6) is 0 Å². The highest BCUT2D eigenvalue weighted by atomic mass is 16.5. The summed E-state index contributed by atoms with van der Waals surface area (Å²) < 4.78 is 5.44. The lowest BCUT2D eigenvalue weighted by Gasteiger charge is -2.01. The number of aromatic amines is 1. The number of unbranched alkanes of at least 4 members (excludes halogenated alkanes) is 2. The minimum Gasteiger partial charge on any atom is -0.396 e. The summed E-state index contributed by atoms with van der Waals surface area (Å²) in [5, 5.41) is 12.9. The fraction of sp³-hybridized carbons (Fsp3) is 0.250. The van der Waals surface area contributed by atoms with Gasteiger partial charge in [-0.15, -0.1) is 0 Å². The van der Waals surface area contributed by atoms with Crippen molar-refractivity contribution in [2.75, 3.05) is 6.61 Å². The number of nitrogens with zero attached hydrogens (tertiary/aromatic N) is 3. The molecule has 2 heterocycles. The first-order chi connectivity index (χ1) is 12.8. The second-order valence-electron chi connectivity index (χ2n) is 6.29. The van der Waals surface area contributed by atoms with Gasteiger partial charge in [0.05, 0.1) is 17.4 Å². The third kappa shape index (κ3) is 3.50. The van der Waals surface area contributed by atoms with E-state index in [1.807, 2.05) is 30.3 Å². The average molecular weight is 348 g/mol. The number of aliphatic hydroxyl groups excluding tert-OH is 1. The molecule has 2 aromatic heterocycles. The highest BCUT2D eigenvalue weighted by Crippen LogP contribution is 2.24. The van der Waals surface area contributed by atoms with Crippen LogP contribution in [0.2, 0.25) is 0 Å². The van der Waals surface area contributed by atoms with Gasteiger partial charge in [-0.05, 0) is 55.2 Å². The summed E-state index contributed by atoms with van der Waals surface area (Å²) in [4.78, 5) is 11.8. The van der Waals surface area contributed by atoms with Gasteiger partial charge in [0, 0.05) is 17.7 Å². The number of aliphatic hydroxyl groups is 1. The highest BCUT2D eigenvalue weighted by Gasteiger charge is 2.11. The predicted molar refractivity (Wildman–Crippen MR) is 99.5 cm³/mol. The molecule has 0 aliphatic heterocycles. The van der Waals surface area contributed by atoms with Gasteiger partial charge in [-0.1, -0.05) is 23.7 Å². The van der Waals surface area contributed by atoms with Gasteiger partial charge in [-0.3, -0.25) is 0 Å². The molecule has 0 saturated carbocycles. The number of hydrogen-bond donors (Lipinski definition) is 2. The second-order valence-corrected chi connectivity index (χ2v) is 6.29. The van der Waals surface area contributed by atoms with E-state index in [-0.39, 0.29) is 6.61 Å². The molecule has 0 aliphatic rings. The van der Waals surface area contributed by atoms with Gasteiger partial charge in [-0.2, -0.15) is 4.98 Å². The lowest BCUT2D eigenvalue weighted by Crippen LogP contribution is -1.88. The van der Waals surface area contributed by atoms with Crippen molar-refractivity contribution in [3.63, 3.8) is 0 Å². The minimum absolute atomic E-state index is 0.270. The summed E-state index contributed by atoms with van der Waals surface area (Å²) in [5.74, 6) is 1.07. The highest BCUT2D eigenvalue weighted by molar-refractivity contribution is 5.80. The fourth-order valence-electron chi connectivity index (χ4n) is 2.96. The van der Waals surface area contributed by atoms with Gasteiger partial charge in [0.25, 0.3) is 5.89 Å². The third-order valence-corrected chi connectivity index (χ3v) is 4.43. The molecule has 0 saturated heterocycles. The number of aromatic nitrogens is 4. The van der Waals surface area contributed by atoms with Crippen LogP contribution in [-0.4, -0.2) is 31.8 Å². The van der Waals surface area contributed by atoms with Gasteiger partial charge in [-0.25, -0.2) is 4.98 Å². The van der Waals surface area contributed by atoms with Crippen LogP contribution in [0.3, 0.4) is 0 Å². The quantitative estimate of drug-likeness (QED) is 0.493. The summed E-state index contributed by atoms with van der Waals surface area (Å²) in [6.07, 6.45) is 5.68. The number of imidazole rings is 1. The number of hydrogen-bond acceptors (Lipinski definition) is 5. The zero-order chi connectivity index (χ0) is 17.8. The molecule has 2 N–H and O–H groups in total. The molecule has 0 unspecified atom stereocenters. The Labute approximate surface area is 150 Å². The lowest BCUT2D eigenvalue weighted by atomic mass is 10.1. The number of benzene rings is 2. The summed E-state index contributed by atoms with van der Waals surface area (Å²) in [6, 6.07) is 14.0. The lowest BCUT2D eigenvalue weighted by molar-refractivity contribution is 0.283. The molecule has 132 valence electrons. The van der Waals surface area contributed by atoms with E-state index < -0.39 is 0 Å². The Kier molecular flexibility index (Phi) is 4.75. The monoisotopic (exact) mass is 348 g/mol. The van der Waals surface area contributed by atoms with Crippen LogP contribution in [-0.2, 0) is 6.42 Å². The summed E-state index contributed by atoms with van der Waals surface area (Å²) in [5.41, 5.74) is 4.92. The first kappa shape index (κ1) is 16.5. The van der Waals surface area contributed by atoms with Crippen LogP contribution in [0.1, 0.15) is 24.8 Å². The molecule has 0 bridgehead atoms. The van der Waals surface area contributed by atoms with Crippen molar-refractivity contribution >= 4 is 11.0 Å². The van der Waals surface area contributed by atoms with Gasteiger partial charge < -0.3 is 14.6 Å². The first-order valence-electron chi connectivity index (χ1n) is 8.81. The molecule has 6 nitrogen and oxygen atoms in total. The molecule has 6 heteroatoms. The zero-order valence-corrected chi connectivity index (χ0v) is 14.4. The molecule has 0 fully saturated rings. The van der Waals surface area contributed by atoms with Crippen molar-refractivity contribution < 1.29 is 9.63 Å². The molecule has 0 spiro atoms. The fourth-order valence-corrected chi connectivity index (χ4v) is 2.96. The number of rotatable bonds is 7. The van der Waals surface area contributed by atoms with E-state index in [9.17, 15) is 0 Å². The van der Waals surface area contributed by atoms with Crippen LogP contribution in [0.15, 0.2) is 53.3 Å². The van der Waals surface area contributed by atoms with Gasteiger partial charge in [0.15, 0.2) is 0 Å². The van der Waals surface area contributed by atoms with Crippen molar-refractivity contribution in [1.82, 2.24) is 20.1 Å². The molecule has 4 aromatic rings.